The second-order valence-electron chi connectivity index (χ2n) is 4.42. The fraction of sp³-hybridized carbons (Fsp3) is 0.833. The minimum absolute atomic E-state index is 0. The summed E-state index contributed by atoms with van der Waals surface area (Å²) in [5, 5.41) is 3.40. The second-order valence-corrected chi connectivity index (χ2v) is 4.42. The maximum atomic E-state index is 5.35. The van der Waals surface area contributed by atoms with E-state index in [1.165, 1.54) is 38.8 Å². The van der Waals surface area contributed by atoms with Crippen molar-refractivity contribution in [2.75, 3.05) is 26.3 Å². The molecule has 3 heteroatoms. The van der Waals surface area contributed by atoms with E-state index >= 15 is 0 Å². The smallest absolute Gasteiger partial charge is 0.0471 e. The Bertz CT molecular complexity index is 164. The van der Waals surface area contributed by atoms with Crippen LogP contribution in [0.4, 0.5) is 0 Å². The molecule has 88 valence electrons. The van der Waals surface area contributed by atoms with Crippen LogP contribution >= 0.6 is 12.4 Å². The molecular formula is C12H22ClNO. The van der Waals surface area contributed by atoms with Gasteiger partial charge in [0.15, 0.2) is 0 Å². The zero-order chi connectivity index (χ0) is 9.64. The zero-order valence-corrected chi connectivity index (χ0v) is 10.1. The van der Waals surface area contributed by atoms with Crippen molar-refractivity contribution < 1.29 is 4.74 Å². The maximum Gasteiger partial charge on any atom is 0.0471 e. The molecule has 2 nitrogen and oxygen atoms in total. The molecule has 0 spiro atoms. The monoisotopic (exact) mass is 231 g/mol. The van der Waals surface area contributed by atoms with Crippen LogP contribution in [-0.4, -0.2) is 26.3 Å². The Hall–Kier alpha value is -0.0500. The van der Waals surface area contributed by atoms with Gasteiger partial charge in [-0.25, -0.2) is 0 Å². The quantitative estimate of drug-likeness (QED) is 0.737. The van der Waals surface area contributed by atoms with E-state index in [0.717, 1.165) is 25.0 Å². The first-order chi connectivity index (χ1) is 6.95. The molecule has 0 aromatic carbocycles. The molecule has 0 saturated carbocycles. The summed E-state index contributed by atoms with van der Waals surface area (Å²) >= 11 is 0. The van der Waals surface area contributed by atoms with Gasteiger partial charge in [0, 0.05) is 13.2 Å². The average molecular weight is 232 g/mol. The summed E-state index contributed by atoms with van der Waals surface area (Å²) in [5.41, 5.74) is 0. The molecule has 2 fully saturated rings. The number of ether oxygens (including phenoxy) is 1. The minimum atomic E-state index is 0. The highest BCUT2D eigenvalue weighted by atomic mass is 35.5. The Balaban J connectivity index is 0.00000112. The van der Waals surface area contributed by atoms with E-state index in [-0.39, 0.29) is 12.4 Å². The van der Waals surface area contributed by atoms with Gasteiger partial charge in [-0.2, -0.15) is 0 Å². The van der Waals surface area contributed by atoms with Crippen molar-refractivity contribution >= 4 is 12.4 Å². The summed E-state index contributed by atoms with van der Waals surface area (Å²) in [5.74, 6) is 1.62. The highest BCUT2D eigenvalue weighted by molar-refractivity contribution is 5.85. The Morgan fingerprint density at radius 3 is 2.00 bits per heavy atom. The topological polar surface area (TPSA) is 21.3 Å². The second kappa shape index (κ2) is 7.26. The Morgan fingerprint density at radius 2 is 1.40 bits per heavy atom. The molecule has 2 rings (SSSR count). The van der Waals surface area contributed by atoms with Gasteiger partial charge in [0.05, 0.1) is 0 Å². The standard InChI is InChI=1S/C12H21NO.ClH/c1(11-3-7-13-8-4-11)2-12-5-9-14-10-6-12;/h1-2,11-13H,3-10H2;1H/b2-1+;. The molecular weight excluding hydrogens is 210 g/mol. The SMILES string of the molecule is C(=C\C1CCOCC1)/C1CCNCC1.Cl. The van der Waals surface area contributed by atoms with E-state index in [1.54, 1.807) is 0 Å². The summed E-state index contributed by atoms with van der Waals surface area (Å²) in [4.78, 5) is 0. The Morgan fingerprint density at radius 1 is 0.867 bits per heavy atom. The number of allylic oxidation sites excluding steroid dienone is 2. The molecule has 0 bridgehead atoms. The van der Waals surface area contributed by atoms with Gasteiger partial charge in [-0.15, -0.1) is 12.4 Å². The van der Waals surface area contributed by atoms with Crippen molar-refractivity contribution in [1.29, 1.82) is 0 Å². The van der Waals surface area contributed by atoms with Gasteiger partial charge < -0.3 is 10.1 Å². The lowest BCUT2D eigenvalue weighted by Gasteiger charge is -2.22. The molecule has 0 radical (unpaired) electrons. The van der Waals surface area contributed by atoms with Crippen molar-refractivity contribution in [2.24, 2.45) is 11.8 Å². The Kier molecular flexibility index (Phi) is 6.30. The van der Waals surface area contributed by atoms with E-state index in [0.29, 0.717) is 0 Å². The fourth-order valence-corrected chi connectivity index (χ4v) is 2.26. The number of piperidine rings is 1. The van der Waals surface area contributed by atoms with Crippen LogP contribution in [-0.2, 0) is 4.74 Å². The minimum Gasteiger partial charge on any atom is -0.381 e. The first kappa shape index (κ1) is 13.0. The molecule has 2 heterocycles. The third-order valence-corrected chi connectivity index (χ3v) is 3.31. The fourth-order valence-electron chi connectivity index (χ4n) is 2.26. The number of hydrogen-bond donors (Lipinski definition) is 1. The van der Waals surface area contributed by atoms with Crippen LogP contribution in [0.1, 0.15) is 25.7 Å². The number of halogens is 1. The summed E-state index contributed by atoms with van der Waals surface area (Å²) < 4.78 is 5.35. The molecule has 2 aliphatic rings. The largest absolute Gasteiger partial charge is 0.381 e. The van der Waals surface area contributed by atoms with Gasteiger partial charge >= 0.3 is 0 Å². The summed E-state index contributed by atoms with van der Waals surface area (Å²) in [6.45, 7) is 4.31. The van der Waals surface area contributed by atoms with Crippen molar-refractivity contribution in [2.45, 2.75) is 25.7 Å². The zero-order valence-electron chi connectivity index (χ0n) is 9.28. The summed E-state index contributed by atoms with van der Waals surface area (Å²) in [7, 11) is 0. The molecule has 0 atom stereocenters. The van der Waals surface area contributed by atoms with Crippen LogP contribution in [0.2, 0.25) is 0 Å². The van der Waals surface area contributed by atoms with Gasteiger partial charge in [-0.1, -0.05) is 12.2 Å². The third-order valence-electron chi connectivity index (χ3n) is 3.31. The molecule has 0 amide bonds. The van der Waals surface area contributed by atoms with Gasteiger partial charge in [0.25, 0.3) is 0 Å². The molecule has 2 aliphatic heterocycles. The first-order valence-corrected chi connectivity index (χ1v) is 5.92. The average Bonchev–Trinajstić information content (AvgIpc) is 2.29. The molecule has 0 aromatic heterocycles. The van der Waals surface area contributed by atoms with Gasteiger partial charge in [0.1, 0.15) is 0 Å². The predicted octanol–water partition coefficient (Wildman–Crippen LogP) is 2.39. The van der Waals surface area contributed by atoms with E-state index in [2.05, 4.69) is 17.5 Å². The lowest BCUT2D eigenvalue weighted by molar-refractivity contribution is 0.0784. The molecule has 15 heavy (non-hydrogen) atoms. The number of rotatable bonds is 2. The van der Waals surface area contributed by atoms with Crippen molar-refractivity contribution in [3.05, 3.63) is 12.2 Å². The molecule has 2 saturated heterocycles. The van der Waals surface area contributed by atoms with Crippen LogP contribution in [0.5, 0.6) is 0 Å². The van der Waals surface area contributed by atoms with Crippen molar-refractivity contribution in [1.82, 2.24) is 5.32 Å². The number of hydrogen-bond acceptors (Lipinski definition) is 2. The van der Waals surface area contributed by atoms with Gasteiger partial charge in [-0.05, 0) is 50.6 Å². The molecule has 0 aliphatic carbocycles. The van der Waals surface area contributed by atoms with Crippen molar-refractivity contribution in [3.8, 4) is 0 Å². The van der Waals surface area contributed by atoms with E-state index < -0.39 is 0 Å². The van der Waals surface area contributed by atoms with Crippen molar-refractivity contribution in [3.63, 3.8) is 0 Å². The third kappa shape index (κ3) is 4.54. The summed E-state index contributed by atoms with van der Waals surface area (Å²) in [6, 6.07) is 0. The van der Waals surface area contributed by atoms with Crippen LogP contribution in [0.15, 0.2) is 12.2 Å². The lowest BCUT2D eigenvalue weighted by Crippen LogP contribution is -2.26. The van der Waals surface area contributed by atoms with Gasteiger partial charge in [0.2, 0.25) is 0 Å². The molecule has 0 unspecified atom stereocenters. The van der Waals surface area contributed by atoms with Crippen LogP contribution in [0.3, 0.4) is 0 Å². The van der Waals surface area contributed by atoms with E-state index in [9.17, 15) is 0 Å². The van der Waals surface area contributed by atoms with E-state index in [1.807, 2.05) is 0 Å². The van der Waals surface area contributed by atoms with Gasteiger partial charge in [-0.3, -0.25) is 0 Å². The Labute approximate surface area is 98.9 Å². The molecule has 1 N–H and O–H groups in total. The number of nitrogens with one attached hydrogen (secondary N) is 1. The highest BCUT2D eigenvalue weighted by Gasteiger charge is 2.13. The van der Waals surface area contributed by atoms with E-state index in [4.69, 9.17) is 4.74 Å². The van der Waals surface area contributed by atoms with Crippen LogP contribution in [0, 0.1) is 11.8 Å². The van der Waals surface area contributed by atoms with Crippen LogP contribution in [0.25, 0.3) is 0 Å². The normalized spacial score (nSPS) is 25.3. The predicted molar refractivity (Wildman–Crippen MR) is 65.5 cm³/mol. The first-order valence-electron chi connectivity index (χ1n) is 5.92. The van der Waals surface area contributed by atoms with Crippen LogP contribution < -0.4 is 5.32 Å². The summed E-state index contributed by atoms with van der Waals surface area (Å²) in [6.07, 6.45) is 9.98. The molecule has 0 aromatic rings. The highest BCUT2D eigenvalue weighted by Crippen LogP contribution is 2.19. The maximum absolute atomic E-state index is 5.35. The lowest BCUT2D eigenvalue weighted by atomic mass is 9.93.